The van der Waals surface area contributed by atoms with Gasteiger partial charge in [-0.2, -0.15) is 0 Å². The Morgan fingerprint density at radius 2 is 1.62 bits per heavy atom. The molecule has 0 saturated carbocycles. The van der Waals surface area contributed by atoms with Crippen molar-refractivity contribution in [3.05, 3.63) is 78.1 Å². The summed E-state index contributed by atoms with van der Waals surface area (Å²) in [4.78, 5) is 19.1. The maximum Gasteiger partial charge on any atom is 0.328 e. The molecule has 1 fully saturated rings. The number of ether oxygens (including phenoxy) is 1. The van der Waals surface area contributed by atoms with E-state index in [1.54, 1.807) is 6.07 Å². The summed E-state index contributed by atoms with van der Waals surface area (Å²) >= 11 is 0. The number of nitrogens with one attached hydrogen (secondary N) is 1. The van der Waals surface area contributed by atoms with Crippen molar-refractivity contribution >= 4 is 11.9 Å². The molecule has 0 bridgehead atoms. The van der Waals surface area contributed by atoms with Gasteiger partial charge in [0.25, 0.3) is 0 Å². The molecule has 0 unspecified atom stereocenters. The van der Waals surface area contributed by atoms with Gasteiger partial charge in [0.05, 0.1) is 0 Å². The molecule has 1 atom stereocenters. The molecule has 0 aromatic heterocycles. The monoisotopic (exact) mass is 401 g/mol. The van der Waals surface area contributed by atoms with Crippen LogP contribution in [0.2, 0.25) is 0 Å². The third kappa shape index (κ3) is 8.15. The summed E-state index contributed by atoms with van der Waals surface area (Å²) in [6.45, 7) is 2.03. The van der Waals surface area contributed by atoms with Gasteiger partial charge in [0.2, 0.25) is 0 Å². The molecule has 0 spiro atoms. The Labute approximate surface area is 168 Å². The van der Waals surface area contributed by atoms with Crippen LogP contribution in [0.4, 0.5) is 4.39 Å². The molecule has 0 aliphatic carbocycles. The van der Waals surface area contributed by atoms with Gasteiger partial charge in [-0.05, 0) is 43.6 Å². The highest BCUT2D eigenvalue weighted by Gasteiger charge is 2.26. The van der Waals surface area contributed by atoms with Crippen molar-refractivity contribution in [1.29, 1.82) is 0 Å². The first-order chi connectivity index (χ1) is 14.0. The van der Waals surface area contributed by atoms with Crippen LogP contribution in [-0.2, 0) is 9.59 Å². The first-order valence-electron chi connectivity index (χ1n) is 9.27. The molecular formula is C22H24FNO5. The van der Waals surface area contributed by atoms with Gasteiger partial charge in [-0.3, -0.25) is 0 Å². The maximum atomic E-state index is 13.4. The molecule has 29 heavy (non-hydrogen) atoms. The Kier molecular flexibility index (Phi) is 8.85. The van der Waals surface area contributed by atoms with E-state index in [1.807, 2.05) is 24.3 Å². The zero-order valence-corrected chi connectivity index (χ0v) is 15.8. The van der Waals surface area contributed by atoms with Crippen molar-refractivity contribution in [3.63, 3.8) is 0 Å². The van der Waals surface area contributed by atoms with Crippen LogP contribution in [0.15, 0.2) is 66.7 Å². The largest absolute Gasteiger partial charge is 0.485 e. The summed E-state index contributed by atoms with van der Waals surface area (Å²) < 4.78 is 19.5. The quantitative estimate of drug-likeness (QED) is 0.640. The second-order valence-corrected chi connectivity index (χ2v) is 6.50. The summed E-state index contributed by atoms with van der Waals surface area (Å²) in [5.74, 6) is -1.72. The fourth-order valence-electron chi connectivity index (χ4n) is 3.06. The predicted octanol–water partition coefficient (Wildman–Crippen LogP) is 3.66. The molecule has 0 amide bonds. The van der Waals surface area contributed by atoms with Crippen LogP contribution in [0.3, 0.4) is 0 Å². The molecule has 2 aromatic rings. The van der Waals surface area contributed by atoms with E-state index in [4.69, 9.17) is 14.9 Å². The highest BCUT2D eigenvalue weighted by molar-refractivity contribution is 5.89. The van der Waals surface area contributed by atoms with Crippen LogP contribution in [0.5, 0.6) is 5.75 Å². The van der Waals surface area contributed by atoms with Crippen LogP contribution >= 0.6 is 0 Å². The summed E-state index contributed by atoms with van der Waals surface area (Å²) in [5, 5.41) is 19.0. The van der Waals surface area contributed by atoms with E-state index in [0.717, 1.165) is 31.5 Å². The van der Waals surface area contributed by atoms with Gasteiger partial charge in [-0.25, -0.2) is 14.0 Å². The lowest BCUT2D eigenvalue weighted by molar-refractivity contribution is -0.134. The van der Waals surface area contributed by atoms with Gasteiger partial charge in [-0.1, -0.05) is 36.4 Å². The normalized spacial score (nSPS) is 15.2. The lowest BCUT2D eigenvalue weighted by atomic mass is 9.88. The van der Waals surface area contributed by atoms with Crippen molar-refractivity contribution in [3.8, 4) is 5.75 Å². The maximum absolute atomic E-state index is 13.4. The second-order valence-electron chi connectivity index (χ2n) is 6.50. The average molecular weight is 401 g/mol. The Balaban J connectivity index is 0.000000321. The molecule has 154 valence electrons. The zero-order chi connectivity index (χ0) is 21.1. The first kappa shape index (κ1) is 22.1. The molecule has 7 heteroatoms. The van der Waals surface area contributed by atoms with Gasteiger partial charge in [0, 0.05) is 24.1 Å². The minimum atomic E-state index is -1.26. The van der Waals surface area contributed by atoms with E-state index in [9.17, 15) is 14.0 Å². The number of hydrogen-bond acceptors (Lipinski definition) is 4. The van der Waals surface area contributed by atoms with Crippen LogP contribution < -0.4 is 10.1 Å². The smallest absolute Gasteiger partial charge is 0.328 e. The van der Waals surface area contributed by atoms with Crippen molar-refractivity contribution in [2.24, 2.45) is 5.92 Å². The SMILES string of the molecule is Fc1cccc(O[C@H](c2ccccc2)C2CCNCC2)c1.O=C(O)/C=C/C(=O)O. The molecule has 3 rings (SSSR count). The molecule has 2 aromatic carbocycles. The van der Waals surface area contributed by atoms with E-state index in [2.05, 4.69) is 17.4 Å². The number of carboxylic acids is 2. The number of aliphatic carboxylic acids is 2. The number of hydrogen-bond donors (Lipinski definition) is 3. The molecule has 3 N–H and O–H groups in total. The average Bonchev–Trinajstić information content (AvgIpc) is 2.72. The van der Waals surface area contributed by atoms with E-state index in [1.165, 1.54) is 12.1 Å². The van der Waals surface area contributed by atoms with Gasteiger partial charge in [-0.15, -0.1) is 0 Å². The van der Waals surface area contributed by atoms with Crippen LogP contribution in [-0.4, -0.2) is 35.2 Å². The summed E-state index contributed by atoms with van der Waals surface area (Å²) in [5.41, 5.74) is 1.16. The number of carbonyl (C=O) groups is 2. The van der Waals surface area contributed by atoms with E-state index < -0.39 is 11.9 Å². The summed E-state index contributed by atoms with van der Waals surface area (Å²) in [6.07, 6.45) is 3.25. The molecule has 1 aliphatic heterocycles. The molecule has 1 heterocycles. The topological polar surface area (TPSA) is 95.9 Å². The van der Waals surface area contributed by atoms with Crippen molar-refractivity contribution in [2.75, 3.05) is 13.1 Å². The minimum absolute atomic E-state index is 0.0184. The molecule has 1 saturated heterocycles. The highest BCUT2D eigenvalue weighted by atomic mass is 19.1. The number of rotatable bonds is 6. The zero-order valence-electron chi connectivity index (χ0n) is 15.8. The van der Waals surface area contributed by atoms with Crippen molar-refractivity contribution in [1.82, 2.24) is 5.32 Å². The third-order valence-electron chi connectivity index (χ3n) is 4.37. The standard InChI is InChI=1S/C18H20FNO.C4H4O4/c19-16-7-4-8-17(13-16)21-18(14-5-2-1-3-6-14)15-9-11-20-12-10-15;5-3(6)1-2-4(7)8/h1-8,13,15,18,20H,9-12H2;1-2H,(H,5,6)(H,7,8)/b;2-1+/t18-;/m1./s1. The fraction of sp³-hybridized carbons (Fsp3) is 0.273. The number of carboxylic acid groups (broad SMARTS) is 2. The van der Waals surface area contributed by atoms with Gasteiger partial charge in [0.1, 0.15) is 17.7 Å². The minimum Gasteiger partial charge on any atom is -0.485 e. The molecule has 1 aliphatic rings. The number of benzene rings is 2. The number of piperidine rings is 1. The second kappa shape index (κ2) is 11.6. The highest BCUT2D eigenvalue weighted by Crippen LogP contribution is 2.33. The Bertz CT molecular complexity index is 803. The van der Waals surface area contributed by atoms with Crippen LogP contribution in [0, 0.1) is 11.7 Å². The van der Waals surface area contributed by atoms with Crippen molar-refractivity contribution in [2.45, 2.75) is 18.9 Å². The third-order valence-corrected chi connectivity index (χ3v) is 4.37. The molecular weight excluding hydrogens is 377 g/mol. The Morgan fingerprint density at radius 3 is 2.17 bits per heavy atom. The first-order valence-corrected chi connectivity index (χ1v) is 9.27. The van der Waals surface area contributed by atoms with E-state index in [0.29, 0.717) is 23.8 Å². The lowest BCUT2D eigenvalue weighted by Crippen LogP contribution is -2.32. The van der Waals surface area contributed by atoms with E-state index in [-0.39, 0.29) is 11.9 Å². The number of halogens is 1. The summed E-state index contributed by atoms with van der Waals surface area (Å²) in [7, 11) is 0. The molecule has 6 nitrogen and oxygen atoms in total. The van der Waals surface area contributed by atoms with Gasteiger partial charge in [0.15, 0.2) is 0 Å². The van der Waals surface area contributed by atoms with Gasteiger partial charge >= 0.3 is 11.9 Å². The Hall–Kier alpha value is -3.19. The van der Waals surface area contributed by atoms with Crippen LogP contribution in [0.25, 0.3) is 0 Å². The van der Waals surface area contributed by atoms with Crippen LogP contribution in [0.1, 0.15) is 24.5 Å². The predicted molar refractivity (Wildman–Crippen MR) is 106 cm³/mol. The fourth-order valence-corrected chi connectivity index (χ4v) is 3.06. The summed E-state index contributed by atoms with van der Waals surface area (Å²) in [6, 6.07) is 16.6. The molecule has 0 radical (unpaired) electrons. The Morgan fingerprint density at radius 1 is 1.00 bits per heavy atom. The van der Waals surface area contributed by atoms with E-state index >= 15 is 0 Å². The van der Waals surface area contributed by atoms with Crippen molar-refractivity contribution < 1.29 is 28.9 Å². The van der Waals surface area contributed by atoms with Gasteiger partial charge < -0.3 is 20.3 Å². The lowest BCUT2D eigenvalue weighted by Gasteiger charge is -2.31.